The van der Waals surface area contributed by atoms with Gasteiger partial charge in [-0.2, -0.15) is 5.90 Å². The third-order valence-electron chi connectivity index (χ3n) is 1.81. The summed E-state index contributed by atoms with van der Waals surface area (Å²) in [5.41, 5.74) is 0.0120. The maximum absolute atomic E-state index is 11.0. The van der Waals surface area contributed by atoms with Crippen LogP contribution in [0.15, 0.2) is 23.8 Å². The molecular weight excluding hydrogens is 174 g/mol. The highest BCUT2D eigenvalue weighted by Gasteiger charge is 2.28. The number of allylic oxidation sites excluding steroid dienone is 3. The fourth-order valence-electron chi connectivity index (χ4n) is 1.16. The minimum atomic E-state index is -1.13. The number of carbonyl (C=O) groups is 2. The third kappa shape index (κ3) is 1.94. The predicted octanol–water partition coefficient (Wildman–Crippen LogP) is -0.00960. The molecule has 0 heterocycles. The van der Waals surface area contributed by atoms with E-state index in [1.54, 1.807) is 12.2 Å². The average Bonchev–Trinajstić information content (AvgIpc) is 2.16. The summed E-state index contributed by atoms with van der Waals surface area (Å²) in [6.07, 6.45) is 4.96. The Bertz CT molecular complexity index is 293. The van der Waals surface area contributed by atoms with Crippen molar-refractivity contribution in [2.24, 2.45) is 11.8 Å². The van der Waals surface area contributed by atoms with Crippen LogP contribution in [-0.4, -0.2) is 17.0 Å². The van der Waals surface area contributed by atoms with Crippen LogP contribution in [-0.2, 0) is 14.4 Å². The van der Waals surface area contributed by atoms with Crippen molar-refractivity contribution in [2.75, 3.05) is 0 Å². The quantitative estimate of drug-likeness (QED) is 0.587. The summed E-state index contributed by atoms with van der Waals surface area (Å²) in [6, 6.07) is 0. The first-order valence-electron chi connectivity index (χ1n) is 3.67. The zero-order valence-electron chi connectivity index (χ0n) is 6.77. The van der Waals surface area contributed by atoms with Crippen LogP contribution in [0.25, 0.3) is 0 Å². The molecule has 0 aromatic heterocycles. The smallest absolute Gasteiger partial charge is 0.332 e. The SMILES string of the molecule is NOC(=O)C1CC=CC=C1C(=O)O. The average molecular weight is 183 g/mol. The second-order valence-corrected chi connectivity index (χ2v) is 2.58. The molecule has 0 saturated heterocycles. The molecule has 0 saturated carbocycles. The lowest BCUT2D eigenvalue weighted by molar-refractivity contribution is -0.149. The number of hydrogen-bond acceptors (Lipinski definition) is 4. The Hall–Kier alpha value is -1.62. The second kappa shape index (κ2) is 3.86. The highest BCUT2D eigenvalue weighted by molar-refractivity contribution is 5.95. The molecule has 5 heteroatoms. The van der Waals surface area contributed by atoms with Crippen LogP contribution in [0.1, 0.15) is 6.42 Å². The first kappa shape index (κ1) is 9.47. The number of rotatable bonds is 2. The monoisotopic (exact) mass is 183 g/mol. The minimum absolute atomic E-state index is 0.0120. The van der Waals surface area contributed by atoms with E-state index in [1.807, 2.05) is 0 Å². The topological polar surface area (TPSA) is 89.6 Å². The number of carboxylic acid groups (broad SMARTS) is 1. The van der Waals surface area contributed by atoms with Gasteiger partial charge in [0.15, 0.2) is 0 Å². The molecule has 0 radical (unpaired) electrons. The van der Waals surface area contributed by atoms with Crippen molar-refractivity contribution in [1.82, 2.24) is 0 Å². The second-order valence-electron chi connectivity index (χ2n) is 2.58. The third-order valence-corrected chi connectivity index (χ3v) is 1.81. The van der Waals surface area contributed by atoms with Gasteiger partial charge in [0, 0.05) is 0 Å². The van der Waals surface area contributed by atoms with Gasteiger partial charge in [0.25, 0.3) is 0 Å². The molecule has 1 aliphatic rings. The van der Waals surface area contributed by atoms with Crippen LogP contribution in [0.3, 0.4) is 0 Å². The molecule has 0 aliphatic heterocycles. The molecule has 0 spiro atoms. The highest BCUT2D eigenvalue weighted by atomic mass is 16.7. The molecule has 0 fully saturated rings. The molecular formula is C8H9NO4. The van der Waals surface area contributed by atoms with Crippen molar-refractivity contribution in [1.29, 1.82) is 0 Å². The Labute approximate surface area is 74.4 Å². The maximum Gasteiger partial charge on any atom is 0.332 e. The molecule has 5 nitrogen and oxygen atoms in total. The first-order chi connectivity index (χ1) is 6.16. The molecule has 70 valence electrons. The lowest BCUT2D eigenvalue weighted by Crippen LogP contribution is -2.26. The largest absolute Gasteiger partial charge is 0.478 e. The molecule has 13 heavy (non-hydrogen) atoms. The molecule has 0 amide bonds. The van der Waals surface area contributed by atoms with E-state index in [1.165, 1.54) is 6.08 Å². The van der Waals surface area contributed by atoms with Crippen molar-refractivity contribution in [2.45, 2.75) is 6.42 Å². The van der Waals surface area contributed by atoms with Gasteiger partial charge in [0.2, 0.25) is 0 Å². The Kier molecular flexibility index (Phi) is 2.81. The summed E-state index contributed by atoms with van der Waals surface area (Å²) in [5, 5.41) is 8.70. The van der Waals surface area contributed by atoms with Crippen LogP contribution in [0.2, 0.25) is 0 Å². The van der Waals surface area contributed by atoms with Gasteiger partial charge in [-0.25, -0.2) is 9.59 Å². The van der Waals surface area contributed by atoms with Crippen molar-refractivity contribution < 1.29 is 19.5 Å². The molecule has 3 N–H and O–H groups in total. The number of nitrogens with two attached hydrogens (primary N) is 1. The van der Waals surface area contributed by atoms with Crippen molar-refractivity contribution in [3.8, 4) is 0 Å². The zero-order chi connectivity index (χ0) is 9.84. The number of carbonyl (C=O) groups excluding carboxylic acids is 1. The van der Waals surface area contributed by atoms with E-state index < -0.39 is 17.9 Å². The predicted molar refractivity (Wildman–Crippen MR) is 43.2 cm³/mol. The van der Waals surface area contributed by atoms with E-state index >= 15 is 0 Å². The minimum Gasteiger partial charge on any atom is -0.478 e. The van der Waals surface area contributed by atoms with Gasteiger partial charge in [-0.1, -0.05) is 18.2 Å². The molecule has 0 aromatic carbocycles. The van der Waals surface area contributed by atoms with E-state index in [2.05, 4.69) is 10.7 Å². The summed E-state index contributed by atoms with van der Waals surface area (Å²) in [7, 11) is 0. The number of carboxylic acids is 1. The maximum atomic E-state index is 11.0. The Balaban J connectivity index is 2.87. The Morgan fingerprint density at radius 3 is 2.85 bits per heavy atom. The lowest BCUT2D eigenvalue weighted by atomic mass is 9.92. The fourth-order valence-corrected chi connectivity index (χ4v) is 1.16. The summed E-state index contributed by atoms with van der Waals surface area (Å²) in [6.45, 7) is 0. The van der Waals surface area contributed by atoms with E-state index in [0.29, 0.717) is 6.42 Å². The van der Waals surface area contributed by atoms with Gasteiger partial charge < -0.3 is 9.94 Å². The molecule has 1 atom stereocenters. The summed E-state index contributed by atoms with van der Waals surface area (Å²) >= 11 is 0. The molecule has 0 bridgehead atoms. The van der Waals surface area contributed by atoms with E-state index in [-0.39, 0.29) is 5.57 Å². The van der Waals surface area contributed by atoms with Crippen LogP contribution in [0, 0.1) is 5.92 Å². The van der Waals surface area contributed by atoms with Gasteiger partial charge >= 0.3 is 11.9 Å². The standard InChI is InChI=1S/C8H9NO4/c9-13-8(12)6-4-2-1-3-5(6)7(10)11/h1-3,6H,4,9H2,(H,10,11). The van der Waals surface area contributed by atoms with Gasteiger partial charge in [-0.3, -0.25) is 0 Å². The van der Waals surface area contributed by atoms with Crippen molar-refractivity contribution in [3.63, 3.8) is 0 Å². The molecule has 1 rings (SSSR count). The molecule has 1 unspecified atom stereocenters. The summed E-state index contributed by atoms with van der Waals surface area (Å²) < 4.78 is 0. The summed E-state index contributed by atoms with van der Waals surface area (Å²) in [4.78, 5) is 25.6. The number of hydrogen-bond donors (Lipinski definition) is 2. The van der Waals surface area contributed by atoms with Crippen LogP contribution in [0.4, 0.5) is 0 Å². The zero-order valence-corrected chi connectivity index (χ0v) is 6.77. The van der Waals surface area contributed by atoms with Gasteiger partial charge in [0.05, 0.1) is 11.5 Å². The summed E-state index contributed by atoms with van der Waals surface area (Å²) in [5.74, 6) is 2.04. The molecule has 0 aromatic rings. The fraction of sp³-hybridized carbons (Fsp3) is 0.250. The first-order valence-corrected chi connectivity index (χ1v) is 3.67. The Morgan fingerprint density at radius 1 is 1.62 bits per heavy atom. The van der Waals surface area contributed by atoms with Crippen LogP contribution in [0.5, 0.6) is 0 Å². The molecule has 1 aliphatic carbocycles. The van der Waals surface area contributed by atoms with Gasteiger partial charge in [-0.05, 0) is 6.42 Å². The highest BCUT2D eigenvalue weighted by Crippen LogP contribution is 2.21. The van der Waals surface area contributed by atoms with Gasteiger partial charge in [0.1, 0.15) is 0 Å². The van der Waals surface area contributed by atoms with Crippen molar-refractivity contribution >= 4 is 11.9 Å². The normalized spacial score (nSPS) is 20.7. The van der Waals surface area contributed by atoms with Crippen molar-refractivity contribution in [3.05, 3.63) is 23.8 Å². The lowest BCUT2D eigenvalue weighted by Gasteiger charge is -2.14. The van der Waals surface area contributed by atoms with E-state index in [0.717, 1.165) is 0 Å². The van der Waals surface area contributed by atoms with E-state index in [4.69, 9.17) is 5.11 Å². The van der Waals surface area contributed by atoms with E-state index in [9.17, 15) is 9.59 Å². The van der Waals surface area contributed by atoms with Gasteiger partial charge in [-0.15, -0.1) is 0 Å². The Morgan fingerprint density at radius 2 is 2.31 bits per heavy atom. The van der Waals surface area contributed by atoms with Crippen LogP contribution >= 0.6 is 0 Å². The number of aliphatic carboxylic acids is 1. The van der Waals surface area contributed by atoms with Crippen LogP contribution < -0.4 is 5.90 Å².